The number of nitrogens with zero attached hydrogens (tertiary/aromatic N) is 2. The molecule has 0 heterocycles. The molecule has 4 rings (SSSR count). The van der Waals surface area contributed by atoms with Gasteiger partial charge in [0.05, 0.1) is 15.6 Å². The number of para-hydroxylation sites is 1. The number of amides is 2. The van der Waals surface area contributed by atoms with Crippen LogP contribution >= 0.6 is 27.5 Å². The van der Waals surface area contributed by atoms with Gasteiger partial charge in [-0.2, -0.15) is 0 Å². The molecule has 0 spiro atoms. The van der Waals surface area contributed by atoms with Gasteiger partial charge in [-0.1, -0.05) is 99.8 Å². The fraction of sp³-hybridized carbons (Fsp3) is 0.212. The number of carbonyl (C=O) groups excluding carboxylic acids is 2. The summed E-state index contributed by atoms with van der Waals surface area (Å²) in [7, 11) is -4.22. The van der Waals surface area contributed by atoms with Crippen LogP contribution in [0.5, 0.6) is 0 Å². The van der Waals surface area contributed by atoms with E-state index in [0.29, 0.717) is 6.54 Å². The number of hydrogen-bond donors (Lipinski definition) is 1. The summed E-state index contributed by atoms with van der Waals surface area (Å²) in [6, 6.07) is 28.8. The number of hydrogen-bond acceptors (Lipinski definition) is 4. The van der Waals surface area contributed by atoms with Gasteiger partial charge in [0, 0.05) is 24.0 Å². The van der Waals surface area contributed by atoms with E-state index in [-0.39, 0.29) is 34.5 Å². The molecule has 43 heavy (non-hydrogen) atoms. The van der Waals surface area contributed by atoms with Crippen LogP contribution in [0.3, 0.4) is 0 Å². The van der Waals surface area contributed by atoms with Crippen molar-refractivity contribution >= 4 is 55.1 Å². The first kappa shape index (κ1) is 32.3. The van der Waals surface area contributed by atoms with Gasteiger partial charge in [0.1, 0.15) is 12.6 Å². The molecular formula is C33H33BrClN3O4S. The molecular weight excluding hydrogens is 650 g/mol. The van der Waals surface area contributed by atoms with Crippen LogP contribution in [-0.4, -0.2) is 44.3 Å². The third kappa shape index (κ3) is 8.25. The van der Waals surface area contributed by atoms with Crippen molar-refractivity contribution in [2.24, 2.45) is 0 Å². The highest BCUT2D eigenvalue weighted by Crippen LogP contribution is 2.31. The molecule has 1 N–H and O–H groups in total. The standard InChI is InChI=1S/C33H33BrClN3O4S/c1-3-36-33(40)31(21-25-10-5-4-6-11-25)37(22-26-12-9-13-27(34)20-26)32(39)23-38(30-15-8-7-14-29(30)35)43(41,42)28-18-16-24(2)17-19-28/h4-20,31H,3,21-23H2,1-2H3,(H,36,40)/t31-/m0/s1. The first-order chi connectivity index (χ1) is 20.6. The van der Waals surface area contributed by atoms with E-state index >= 15 is 0 Å². The Morgan fingerprint density at radius 2 is 1.53 bits per heavy atom. The molecule has 0 aliphatic heterocycles. The molecule has 2 amide bonds. The Hall–Kier alpha value is -3.66. The highest BCUT2D eigenvalue weighted by Gasteiger charge is 2.35. The number of nitrogens with one attached hydrogen (secondary N) is 1. The summed E-state index contributed by atoms with van der Waals surface area (Å²) < 4.78 is 30.0. The first-order valence-corrected chi connectivity index (χ1v) is 16.4. The van der Waals surface area contributed by atoms with Crippen molar-refractivity contribution in [1.82, 2.24) is 10.2 Å². The van der Waals surface area contributed by atoms with Crippen molar-refractivity contribution in [1.29, 1.82) is 0 Å². The summed E-state index contributed by atoms with van der Waals surface area (Å²) in [5.74, 6) is -0.886. The lowest BCUT2D eigenvalue weighted by Crippen LogP contribution is -2.53. The summed E-state index contributed by atoms with van der Waals surface area (Å²) in [5.41, 5.74) is 2.69. The van der Waals surface area contributed by atoms with Crippen molar-refractivity contribution in [3.8, 4) is 0 Å². The second kappa shape index (κ2) is 14.7. The Kier molecular flexibility index (Phi) is 11.0. The van der Waals surface area contributed by atoms with Crippen molar-refractivity contribution in [3.05, 3.63) is 129 Å². The number of likely N-dealkylation sites (N-methyl/N-ethyl adjacent to an activating group) is 1. The number of halogens is 2. The molecule has 0 aliphatic rings. The number of sulfonamides is 1. The molecule has 0 aromatic heterocycles. The van der Waals surface area contributed by atoms with Crippen molar-refractivity contribution in [3.63, 3.8) is 0 Å². The highest BCUT2D eigenvalue weighted by molar-refractivity contribution is 9.10. The minimum Gasteiger partial charge on any atom is -0.355 e. The van der Waals surface area contributed by atoms with E-state index in [0.717, 1.165) is 25.5 Å². The molecule has 0 fully saturated rings. The number of aryl methyl sites for hydroxylation is 1. The Morgan fingerprint density at radius 3 is 2.19 bits per heavy atom. The number of anilines is 1. The zero-order chi connectivity index (χ0) is 31.0. The molecule has 10 heteroatoms. The van der Waals surface area contributed by atoms with Gasteiger partial charge >= 0.3 is 0 Å². The van der Waals surface area contributed by atoms with Crippen LogP contribution in [-0.2, 0) is 32.6 Å². The van der Waals surface area contributed by atoms with Crippen LogP contribution in [0, 0.1) is 6.92 Å². The number of rotatable bonds is 12. The molecule has 0 saturated heterocycles. The van der Waals surface area contributed by atoms with Gasteiger partial charge in [-0.05, 0) is 61.4 Å². The molecule has 0 radical (unpaired) electrons. The molecule has 1 atom stereocenters. The molecule has 0 unspecified atom stereocenters. The molecule has 7 nitrogen and oxygen atoms in total. The average Bonchev–Trinajstić information content (AvgIpc) is 2.99. The highest BCUT2D eigenvalue weighted by atomic mass is 79.9. The SMILES string of the molecule is CCNC(=O)[C@H](Cc1ccccc1)N(Cc1cccc(Br)c1)C(=O)CN(c1ccccc1Cl)S(=O)(=O)c1ccc(C)cc1. The molecule has 0 aliphatic carbocycles. The van der Waals surface area contributed by atoms with E-state index in [1.54, 1.807) is 36.4 Å². The smallest absolute Gasteiger partial charge is 0.264 e. The Balaban J connectivity index is 1.80. The normalized spacial score (nSPS) is 11.9. The molecule has 4 aromatic rings. The molecule has 0 bridgehead atoms. The van der Waals surface area contributed by atoms with Gasteiger partial charge < -0.3 is 10.2 Å². The van der Waals surface area contributed by atoms with E-state index in [9.17, 15) is 18.0 Å². The van der Waals surface area contributed by atoms with Gasteiger partial charge in [-0.3, -0.25) is 13.9 Å². The first-order valence-electron chi connectivity index (χ1n) is 13.8. The van der Waals surface area contributed by atoms with Gasteiger partial charge in [-0.15, -0.1) is 0 Å². The minimum atomic E-state index is -4.22. The second-order valence-electron chi connectivity index (χ2n) is 10.0. The predicted octanol–water partition coefficient (Wildman–Crippen LogP) is 6.38. The summed E-state index contributed by atoms with van der Waals surface area (Å²) in [6.45, 7) is 3.55. The average molecular weight is 683 g/mol. The fourth-order valence-electron chi connectivity index (χ4n) is 4.68. The van der Waals surface area contributed by atoms with E-state index < -0.39 is 28.5 Å². The van der Waals surface area contributed by atoms with Crippen molar-refractivity contribution in [2.45, 2.75) is 37.8 Å². The summed E-state index contributed by atoms with van der Waals surface area (Å²) >= 11 is 9.99. The van der Waals surface area contributed by atoms with Crippen LogP contribution in [0.1, 0.15) is 23.6 Å². The van der Waals surface area contributed by atoms with Gasteiger partial charge in [0.15, 0.2) is 0 Å². The molecule has 4 aromatic carbocycles. The fourth-order valence-corrected chi connectivity index (χ4v) is 6.85. The van der Waals surface area contributed by atoms with Gasteiger partial charge in [-0.25, -0.2) is 8.42 Å². The monoisotopic (exact) mass is 681 g/mol. The van der Waals surface area contributed by atoms with Crippen LogP contribution in [0.15, 0.2) is 112 Å². The molecule has 224 valence electrons. The van der Waals surface area contributed by atoms with Gasteiger partial charge in [0.25, 0.3) is 10.0 Å². The Bertz CT molecular complexity index is 1670. The lowest BCUT2D eigenvalue weighted by Gasteiger charge is -2.34. The van der Waals surface area contributed by atoms with Crippen LogP contribution in [0.25, 0.3) is 0 Å². The zero-order valence-electron chi connectivity index (χ0n) is 23.9. The van der Waals surface area contributed by atoms with Crippen LogP contribution in [0.4, 0.5) is 5.69 Å². The van der Waals surface area contributed by atoms with E-state index in [1.807, 2.05) is 68.4 Å². The maximum absolute atomic E-state index is 14.4. The minimum absolute atomic E-state index is 0.0221. The maximum atomic E-state index is 14.4. The van der Waals surface area contributed by atoms with E-state index in [4.69, 9.17) is 11.6 Å². The second-order valence-corrected chi connectivity index (χ2v) is 13.2. The Labute approximate surface area is 266 Å². The quantitative estimate of drug-likeness (QED) is 0.188. The summed E-state index contributed by atoms with van der Waals surface area (Å²) in [5, 5.41) is 3.03. The van der Waals surface area contributed by atoms with Crippen molar-refractivity contribution < 1.29 is 18.0 Å². The topological polar surface area (TPSA) is 86.8 Å². The zero-order valence-corrected chi connectivity index (χ0v) is 27.1. The summed E-state index contributed by atoms with van der Waals surface area (Å²) in [4.78, 5) is 29.4. The van der Waals surface area contributed by atoms with Crippen molar-refractivity contribution in [2.75, 3.05) is 17.4 Å². The lowest BCUT2D eigenvalue weighted by molar-refractivity contribution is -0.140. The van der Waals surface area contributed by atoms with Gasteiger partial charge in [0.2, 0.25) is 11.8 Å². The third-order valence-electron chi connectivity index (χ3n) is 6.87. The number of carbonyl (C=O) groups is 2. The number of benzene rings is 4. The largest absolute Gasteiger partial charge is 0.355 e. The van der Waals surface area contributed by atoms with E-state index in [1.165, 1.54) is 17.0 Å². The molecule has 0 saturated carbocycles. The summed E-state index contributed by atoms with van der Waals surface area (Å²) in [6.07, 6.45) is 0.239. The van der Waals surface area contributed by atoms with Crippen LogP contribution < -0.4 is 9.62 Å². The van der Waals surface area contributed by atoms with Crippen LogP contribution in [0.2, 0.25) is 5.02 Å². The lowest BCUT2D eigenvalue weighted by atomic mass is 10.0. The maximum Gasteiger partial charge on any atom is 0.264 e. The predicted molar refractivity (Wildman–Crippen MR) is 174 cm³/mol. The third-order valence-corrected chi connectivity index (χ3v) is 9.46. The Morgan fingerprint density at radius 1 is 0.884 bits per heavy atom. The van der Waals surface area contributed by atoms with E-state index in [2.05, 4.69) is 21.2 Å².